The number of ether oxygens (including phenoxy) is 1. The van der Waals surface area contributed by atoms with Gasteiger partial charge in [-0.05, 0) is 24.6 Å². The lowest BCUT2D eigenvalue weighted by Gasteiger charge is -2.06. The Morgan fingerprint density at radius 3 is 2.88 bits per heavy atom. The van der Waals surface area contributed by atoms with E-state index >= 15 is 0 Å². The molecule has 0 fully saturated rings. The molecule has 0 unspecified atom stereocenters. The number of benzene rings is 1. The molecular weight excluding hydrogens is 244 g/mol. The minimum atomic E-state index is -1.38. The van der Waals surface area contributed by atoms with Gasteiger partial charge in [-0.1, -0.05) is 23.7 Å². The maximum Gasteiger partial charge on any atom is 0.420 e. The number of hydrogen-bond donors (Lipinski definition) is 1. The zero-order valence-electron chi connectivity index (χ0n) is 9.13. The number of rotatable bonds is 4. The van der Waals surface area contributed by atoms with Gasteiger partial charge in [0.2, 0.25) is 0 Å². The fourth-order valence-electron chi connectivity index (χ4n) is 1.25. The zero-order valence-corrected chi connectivity index (χ0v) is 9.89. The molecule has 90 valence electrons. The summed E-state index contributed by atoms with van der Waals surface area (Å²) < 4.78 is 4.65. The minimum Gasteiger partial charge on any atom is -0.457 e. The summed E-state index contributed by atoms with van der Waals surface area (Å²) in [5.41, 5.74) is 8.59. The van der Waals surface area contributed by atoms with Crippen LogP contribution in [0, 0.1) is 0 Å². The standard InChI is InChI=1S/C11H11ClN2O3/c1-2-17-11(16)9(14-13)10(15)7-4-3-5-8(12)6-7/h3-6,10,15H,2H2,1H3/t10-/m0/s1. The van der Waals surface area contributed by atoms with Gasteiger partial charge in [-0.15, -0.1) is 0 Å². The zero-order chi connectivity index (χ0) is 12.8. The summed E-state index contributed by atoms with van der Waals surface area (Å²) in [6, 6.07) is 6.26. The van der Waals surface area contributed by atoms with E-state index in [0.717, 1.165) is 0 Å². The first-order chi connectivity index (χ1) is 8.10. The van der Waals surface area contributed by atoms with Gasteiger partial charge in [0.15, 0.2) is 6.10 Å². The van der Waals surface area contributed by atoms with Crippen molar-refractivity contribution in [3.05, 3.63) is 40.4 Å². The van der Waals surface area contributed by atoms with E-state index in [-0.39, 0.29) is 6.61 Å². The predicted molar refractivity (Wildman–Crippen MR) is 61.7 cm³/mol. The largest absolute Gasteiger partial charge is 0.457 e. The van der Waals surface area contributed by atoms with Crippen molar-refractivity contribution in [2.75, 3.05) is 6.61 Å². The molecule has 0 aromatic heterocycles. The summed E-state index contributed by atoms with van der Waals surface area (Å²) in [4.78, 5) is 14.1. The van der Waals surface area contributed by atoms with Gasteiger partial charge in [-0.2, -0.15) is 4.79 Å². The Bertz CT molecular complexity index is 470. The van der Waals surface area contributed by atoms with E-state index in [1.165, 1.54) is 6.07 Å². The maximum absolute atomic E-state index is 11.4. The second-order valence-corrected chi connectivity index (χ2v) is 3.60. The molecule has 0 spiro atoms. The average molecular weight is 255 g/mol. The van der Waals surface area contributed by atoms with E-state index in [1.807, 2.05) is 0 Å². The first kappa shape index (κ1) is 13.4. The van der Waals surface area contributed by atoms with Crippen LogP contribution in [0.15, 0.2) is 24.3 Å². The Labute approximate surface area is 103 Å². The van der Waals surface area contributed by atoms with Crippen molar-refractivity contribution < 1.29 is 19.4 Å². The van der Waals surface area contributed by atoms with Crippen molar-refractivity contribution in [2.24, 2.45) is 0 Å². The van der Waals surface area contributed by atoms with Crippen LogP contribution in [0.4, 0.5) is 0 Å². The van der Waals surface area contributed by atoms with Crippen LogP contribution < -0.4 is 0 Å². The molecule has 0 aliphatic carbocycles. The van der Waals surface area contributed by atoms with Crippen LogP contribution in [0.1, 0.15) is 18.6 Å². The normalized spacial score (nSPS) is 11.5. The Hall–Kier alpha value is -1.68. The molecule has 0 saturated carbocycles. The van der Waals surface area contributed by atoms with E-state index in [4.69, 9.17) is 17.1 Å². The number of carbonyl (C=O) groups is 1. The molecule has 1 rings (SSSR count). The van der Waals surface area contributed by atoms with E-state index in [0.29, 0.717) is 10.6 Å². The monoisotopic (exact) mass is 254 g/mol. The number of carbonyl (C=O) groups excluding carboxylic acids is 1. The Morgan fingerprint density at radius 2 is 2.35 bits per heavy atom. The highest BCUT2D eigenvalue weighted by Gasteiger charge is 2.32. The summed E-state index contributed by atoms with van der Waals surface area (Å²) in [7, 11) is 0. The summed E-state index contributed by atoms with van der Waals surface area (Å²) >= 11 is 5.75. The van der Waals surface area contributed by atoms with Crippen LogP contribution >= 0.6 is 11.6 Å². The molecule has 0 aliphatic rings. The average Bonchev–Trinajstić information content (AvgIpc) is 2.30. The Balaban J connectivity index is 2.99. The summed E-state index contributed by atoms with van der Waals surface area (Å²) in [6.45, 7) is 1.73. The lowest BCUT2D eigenvalue weighted by Crippen LogP contribution is -2.25. The summed E-state index contributed by atoms with van der Waals surface area (Å²) in [5.74, 6) is -0.873. The van der Waals surface area contributed by atoms with Crippen molar-refractivity contribution >= 4 is 23.3 Å². The van der Waals surface area contributed by atoms with Gasteiger partial charge in [-0.25, -0.2) is 4.79 Å². The van der Waals surface area contributed by atoms with E-state index in [1.54, 1.807) is 25.1 Å². The molecule has 1 atom stereocenters. The molecule has 1 N–H and O–H groups in total. The topological polar surface area (TPSA) is 82.9 Å². The number of esters is 1. The molecule has 5 nitrogen and oxygen atoms in total. The van der Waals surface area contributed by atoms with Gasteiger partial charge in [-0.3, -0.25) is 0 Å². The van der Waals surface area contributed by atoms with Crippen LogP contribution in [0.25, 0.3) is 5.53 Å². The third-order valence-electron chi connectivity index (χ3n) is 2.02. The molecule has 6 heteroatoms. The van der Waals surface area contributed by atoms with Crippen LogP contribution in [0.2, 0.25) is 5.02 Å². The van der Waals surface area contributed by atoms with E-state index in [2.05, 4.69) is 9.53 Å². The molecule has 1 aromatic carbocycles. The van der Waals surface area contributed by atoms with Crippen molar-refractivity contribution in [3.8, 4) is 0 Å². The summed E-state index contributed by atoms with van der Waals surface area (Å²) in [6.07, 6.45) is -1.38. The molecular formula is C11H11ClN2O3. The first-order valence-corrected chi connectivity index (χ1v) is 5.30. The Morgan fingerprint density at radius 1 is 1.65 bits per heavy atom. The van der Waals surface area contributed by atoms with Gasteiger partial charge in [0.25, 0.3) is 0 Å². The molecule has 0 aliphatic heterocycles. The SMILES string of the molecule is CCOC(=O)C(=[N+]=[N-])[C@@H](O)c1cccc(Cl)c1. The highest BCUT2D eigenvalue weighted by Crippen LogP contribution is 2.18. The number of aliphatic hydroxyl groups is 1. The second kappa shape index (κ2) is 6.15. The third-order valence-corrected chi connectivity index (χ3v) is 2.25. The van der Waals surface area contributed by atoms with Crippen molar-refractivity contribution in [1.82, 2.24) is 0 Å². The number of halogens is 1. The van der Waals surface area contributed by atoms with Gasteiger partial charge in [0.05, 0.1) is 6.61 Å². The quantitative estimate of drug-likeness (QED) is 0.383. The molecule has 1 aromatic rings. The van der Waals surface area contributed by atoms with Crippen molar-refractivity contribution in [2.45, 2.75) is 13.0 Å². The predicted octanol–water partition coefficient (Wildman–Crippen LogP) is 1.61. The highest BCUT2D eigenvalue weighted by molar-refractivity contribution is 6.35. The molecule has 0 radical (unpaired) electrons. The van der Waals surface area contributed by atoms with Crippen LogP contribution in [0.3, 0.4) is 0 Å². The van der Waals surface area contributed by atoms with Gasteiger partial charge >= 0.3 is 11.7 Å². The maximum atomic E-state index is 11.4. The lowest BCUT2D eigenvalue weighted by molar-refractivity contribution is -0.141. The fourth-order valence-corrected chi connectivity index (χ4v) is 1.45. The lowest BCUT2D eigenvalue weighted by atomic mass is 10.1. The smallest absolute Gasteiger partial charge is 0.420 e. The van der Waals surface area contributed by atoms with E-state index in [9.17, 15) is 9.90 Å². The van der Waals surface area contributed by atoms with Crippen molar-refractivity contribution in [3.63, 3.8) is 0 Å². The first-order valence-electron chi connectivity index (χ1n) is 4.92. The van der Waals surface area contributed by atoms with Gasteiger partial charge in [0.1, 0.15) is 0 Å². The Kier molecular flexibility index (Phi) is 4.84. The molecule has 17 heavy (non-hydrogen) atoms. The summed E-state index contributed by atoms with van der Waals surface area (Å²) in [5, 5.41) is 10.3. The number of aliphatic hydroxyl groups excluding tert-OH is 1. The number of hydrogen-bond acceptors (Lipinski definition) is 3. The molecule has 0 amide bonds. The minimum absolute atomic E-state index is 0.125. The van der Waals surface area contributed by atoms with E-state index < -0.39 is 17.8 Å². The number of nitrogens with zero attached hydrogens (tertiary/aromatic N) is 2. The van der Waals surface area contributed by atoms with Gasteiger partial charge in [0, 0.05) is 5.02 Å². The highest BCUT2D eigenvalue weighted by atomic mass is 35.5. The van der Waals surface area contributed by atoms with Crippen LogP contribution in [-0.2, 0) is 9.53 Å². The van der Waals surface area contributed by atoms with Gasteiger partial charge < -0.3 is 15.4 Å². The molecule has 0 heterocycles. The molecule has 0 bridgehead atoms. The van der Waals surface area contributed by atoms with Crippen LogP contribution in [-0.4, -0.2) is 28.2 Å². The third kappa shape index (κ3) is 3.39. The fraction of sp³-hybridized carbons (Fsp3) is 0.273. The second-order valence-electron chi connectivity index (χ2n) is 3.16. The molecule has 0 saturated heterocycles. The van der Waals surface area contributed by atoms with Crippen LogP contribution in [0.5, 0.6) is 0 Å². The van der Waals surface area contributed by atoms with Crippen molar-refractivity contribution in [1.29, 1.82) is 0 Å².